The molecule has 0 atom stereocenters. The van der Waals surface area contributed by atoms with E-state index in [1.807, 2.05) is 19.9 Å². The Morgan fingerprint density at radius 2 is 2.05 bits per heavy atom. The van der Waals surface area contributed by atoms with Crippen LogP contribution < -0.4 is 5.32 Å². The van der Waals surface area contributed by atoms with E-state index in [1.165, 1.54) is 34.4 Å². The molecular weight excluding hydrogens is 310 g/mol. The number of carboxylic acid groups (broad SMARTS) is 1. The Morgan fingerprint density at radius 1 is 1.33 bits per heavy atom. The summed E-state index contributed by atoms with van der Waals surface area (Å²) in [6.07, 6.45) is 0.892. The molecule has 0 aliphatic carbocycles. The molecule has 4 nitrogen and oxygen atoms in total. The minimum Gasteiger partial charge on any atom is -0.478 e. The fraction of sp³-hybridized carbons (Fsp3) is 0.200. The van der Waals surface area contributed by atoms with Crippen LogP contribution in [0.25, 0.3) is 0 Å². The number of nitrogens with one attached hydrogen (secondary N) is 1. The molecule has 1 aromatic carbocycles. The van der Waals surface area contributed by atoms with Gasteiger partial charge in [0.2, 0.25) is 0 Å². The van der Waals surface area contributed by atoms with Gasteiger partial charge in [0.15, 0.2) is 0 Å². The lowest BCUT2D eigenvalue weighted by molar-refractivity contribution is 0.0697. The summed E-state index contributed by atoms with van der Waals surface area (Å²) in [5.41, 5.74) is 1.58. The Bertz CT molecular complexity index is 709. The Labute approximate surface area is 131 Å². The highest BCUT2D eigenvalue weighted by Gasteiger charge is 2.14. The van der Waals surface area contributed by atoms with Crippen LogP contribution in [0.1, 0.15) is 37.4 Å². The summed E-state index contributed by atoms with van der Waals surface area (Å²) >= 11 is 7.34. The predicted octanol–water partition coefficient (Wildman–Crippen LogP) is 4.22. The summed E-state index contributed by atoms with van der Waals surface area (Å²) in [4.78, 5) is 24.9. The second-order valence-corrected chi connectivity index (χ2v) is 6.07. The third kappa shape index (κ3) is 3.43. The first kappa shape index (κ1) is 15.5. The van der Waals surface area contributed by atoms with Crippen molar-refractivity contribution < 1.29 is 14.7 Å². The number of aromatic carboxylic acids is 1. The van der Waals surface area contributed by atoms with Crippen molar-refractivity contribution in [1.82, 2.24) is 0 Å². The third-order valence-electron chi connectivity index (χ3n) is 3.02. The minimum atomic E-state index is -1.10. The van der Waals surface area contributed by atoms with E-state index in [1.54, 1.807) is 0 Å². The molecule has 2 aromatic rings. The Kier molecular flexibility index (Phi) is 4.65. The molecule has 2 rings (SSSR count). The number of rotatable bonds is 4. The van der Waals surface area contributed by atoms with Crippen LogP contribution in [0.3, 0.4) is 0 Å². The summed E-state index contributed by atoms with van der Waals surface area (Å²) in [5.74, 6) is -1.32. The number of benzene rings is 1. The number of thiophene rings is 1. The average Bonchev–Trinajstić information content (AvgIpc) is 2.79. The molecule has 0 spiro atoms. The van der Waals surface area contributed by atoms with E-state index in [0.29, 0.717) is 10.6 Å². The first-order valence-corrected chi connectivity index (χ1v) is 7.55. The Hall–Kier alpha value is -1.85. The van der Waals surface area contributed by atoms with Gasteiger partial charge in [0.05, 0.1) is 15.5 Å². The number of amides is 1. The van der Waals surface area contributed by atoms with E-state index in [2.05, 4.69) is 5.32 Å². The van der Waals surface area contributed by atoms with Crippen molar-refractivity contribution in [2.75, 3.05) is 5.32 Å². The summed E-state index contributed by atoms with van der Waals surface area (Å²) in [7, 11) is 0. The van der Waals surface area contributed by atoms with Crippen molar-refractivity contribution in [2.45, 2.75) is 20.3 Å². The van der Waals surface area contributed by atoms with Gasteiger partial charge in [-0.25, -0.2) is 4.79 Å². The van der Waals surface area contributed by atoms with Gasteiger partial charge in [0.25, 0.3) is 5.91 Å². The zero-order valence-corrected chi connectivity index (χ0v) is 13.1. The molecule has 0 saturated carbocycles. The predicted molar refractivity (Wildman–Crippen MR) is 84.8 cm³/mol. The lowest BCUT2D eigenvalue weighted by atomic mass is 10.2. The van der Waals surface area contributed by atoms with Crippen LogP contribution in [0.15, 0.2) is 24.3 Å². The van der Waals surface area contributed by atoms with E-state index >= 15 is 0 Å². The Morgan fingerprint density at radius 3 is 2.57 bits per heavy atom. The Balaban J connectivity index is 2.19. The number of carbonyl (C=O) groups is 2. The van der Waals surface area contributed by atoms with E-state index in [4.69, 9.17) is 16.7 Å². The first-order valence-electron chi connectivity index (χ1n) is 6.36. The molecule has 0 bridgehead atoms. The van der Waals surface area contributed by atoms with Crippen molar-refractivity contribution in [1.29, 1.82) is 0 Å². The fourth-order valence-corrected chi connectivity index (χ4v) is 3.21. The maximum Gasteiger partial charge on any atom is 0.337 e. The number of hydrogen-bond acceptors (Lipinski definition) is 3. The van der Waals surface area contributed by atoms with Crippen LogP contribution in [-0.2, 0) is 6.42 Å². The van der Waals surface area contributed by atoms with Crippen LogP contribution in [0, 0.1) is 6.92 Å². The van der Waals surface area contributed by atoms with Crippen molar-refractivity contribution in [2.24, 2.45) is 0 Å². The standard InChI is InChI=1S/C15H14ClNO3S/c1-3-12-8(2)6-13(21-12)14(18)17-9-4-5-10(15(19)20)11(16)7-9/h4-7H,3H2,1-2H3,(H,17,18)(H,19,20). The molecule has 2 N–H and O–H groups in total. The summed E-state index contributed by atoms with van der Waals surface area (Å²) < 4.78 is 0. The lowest BCUT2D eigenvalue weighted by Crippen LogP contribution is -2.10. The zero-order chi connectivity index (χ0) is 15.6. The molecule has 6 heteroatoms. The number of carboxylic acids is 1. The molecule has 110 valence electrons. The highest BCUT2D eigenvalue weighted by Crippen LogP contribution is 2.25. The quantitative estimate of drug-likeness (QED) is 0.885. The highest BCUT2D eigenvalue weighted by molar-refractivity contribution is 7.14. The smallest absolute Gasteiger partial charge is 0.337 e. The molecule has 0 unspecified atom stereocenters. The molecule has 0 fully saturated rings. The van der Waals surface area contributed by atoms with Gasteiger partial charge >= 0.3 is 5.97 Å². The normalized spacial score (nSPS) is 10.4. The van der Waals surface area contributed by atoms with Gasteiger partial charge in [0.1, 0.15) is 0 Å². The van der Waals surface area contributed by atoms with Gasteiger partial charge in [-0.15, -0.1) is 11.3 Å². The first-order chi connectivity index (χ1) is 9.92. The van der Waals surface area contributed by atoms with Crippen LogP contribution in [-0.4, -0.2) is 17.0 Å². The van der Waals surface area contributed by atoms with Gasteiger partial charge in [0, 0.05) is 10.6 Å². The molecule has 0 saturated heterocycles. The zero-order valence-electron chi connectivity index (χ0n) is 11.6. The van der Waals surface area contributed by atoms with Crippen LogP contribution in [0.2, 0.25) is 5.02 Å². The molecule has 0 radical (unpaired) electrons. The second-order valence-electron chi connectivity index (χ2n) is 4.52. The number of halogens is 1. The minimum absolute atomic E-state index is 0.00917. The maximum atomic E-state index is 12.2. The molecule has 0 aliphatic heterocycles. The molecule has 0 aliphatic rings. The fourth-order valence-electron chi connectivity index (χ4n) is 1.94. The average molecular weight is 324 g/mol. The van der Waals surface area contributed by atoms with Gasteiger partial charge < -0.3 is 10.4 Å². The number of hydrogen-bond donors (Lipinski definition) is 2. The lowest BCUT2D eigenvalue weighted by Gasteiger charge is -2.05. The number of anilines is 1. The summed E-state index contributed by atoms with van der Waals surface area (Å²) in [6, 6.07) is 6.18. The number of aryl methyl sites for hydroxylation is 2. The second kappa shape index (κ2) is 6.28. The monoisotopic (exact) mass is 323 g/mol. The molecule has 21 heavy (non-hydrogen) atoms. The van der Waals surface area contributed by atoms with Crippen LogP contribution in [0.5, 0.6) is 0 Å². The topological polar surface area (TPSA) is 66.4 Å². The third-order valence-corrected chi connectivity index (χ3v) is 4.72. The molecular formula is C15H14ClNO3S. The van der Waals surface area contributed by atoms with Crippen molar-refractivity contribution in [3.63, 3.8) is 0 Å². The van der Waals surface area contributed by atoms with E-state index in [9.17, 15) is 9.59 Å². The molecule has 1 amide bonds. The van der Waals surface area contributed by atoms with Crippen molar-refractivity contribution >= 4 is 40.5 Å². The van der Waals surface area contributed by atoms with Crippen molar-refractivity contribution in [3.05, 3.63) is 50.2 Å². The van der Waals surface area contributed by atoms with E-state index in [-0.39, 0.29) is 16.5 Å². The summed E-state index contributed by atoms with van der Waals surface area (Å²) in [5, 5.41) is 11.7. The van der Waals surface area contributed by atoms with E-state index < -0.39 is 5.97 Å². The molecule has 1 aromatic heterocycles. The van der Waals surface area contributed by atoms with Crippen LogP contribution in [0.4, 0.5) is 5.69 Å². The number of carbonyl (C=O) groups excluding carboxylic acids is 1. The van der Waals surface area contributed by atoms with Gasteiger partial charge in [-0.1, -0.05) is 18.5 Å². The van der Waals surface area contributed by atoms with Crippen molar-refractivity contribution in [3.8, 4) is 0 Å². The van der Waals surface area contributed by atoms with Gasteiger partial charge in [-0.2, -0.15) is 0 Å². The highest BCUT2D eigenvalue weighted by atomic mass is 35.5. The SMILES string of the molecule is CCc1sc(C(=O)Nc2ccc(C(=O)O)c(Cl)c2)cc1C. The largest absolute Gasteiger partial charge is 0.478 e. The molecule has 1 heterocycles. The summed E-state index contributed by atoms with van der Waals surface area (Å²) in [6.45, 7) is 4.02. The maximum absolute atomic E-state index is 12.2. The van der Waals surface area contributed by atoms with E-state index in [0.717, 1.165) is 12.0 Å². The van der Waals surface area contributed by atoms with Crippen LogP contribution >= 0.6 is 22.9 Å². The van der Waals surface area contributed by atoms with Gasteiger partial charge in [-0.05, 0) is 43.2 Å². The van der Waals surface area contributed by atoms with Gasteiger partial charge in [-0.3, -0.25) is 4.79 Å².